The van der Waals surface area contributed by atoms with E-state index >= 15 is 0 Å². The van der Waals surface area contributed by atoms with E-state index < -0.39 is 5.91 Å². The summed E-state index contributed by atoms with van der Waals surface area (Å²) < 4.78 is 0.384. The van der Waals surface area contributed by atoms with E-state index in [1.807, 2.05) is 22.6 Å². The summed E-state index contributed by atoms with van der Waals surface area (Å²) in [4.78, 5) is 46.7. The maximum Gasteiger partial charge on any atom is 0.302 e. The Morgan fingerprint density at radius 3 is 2.53 bits per heavy atom. The van der Waals surface area contributed by atoms with Crippen LogP contribution in [0.15, 0.2) is 23.7 Å². The predicted molar refractivity (Wildman–Crippen MR) is 116 cm³/mol. The number of carbonyl (C=O) groups is 2. The molecule has 13 heteroatoms. The lowest BCUT2D eigenvalue weighted by Gasteiger charge is -2.38. The molecule has 0 aromatic carbocycles. The number of aromatic nitrogens is 4. The van der Waals surface area contributed by atoms with Crippen molar-refractivity contribution >= 4 is 52.0 Å². The van der Waals surface area contributed by atoms with Crippen molar-refractivity contribution in [3.05, 3.63) is 33.7 Å². The number of guanidine groups is 1. The van der Waals surface area contributed by atoms with Gasteiger partial charge in [-0.05, 0) is 35.4 Å². The van der Waals surface area contributed by atoms with Gasteiger partial charge in [-0.15, -0.1) is 0 Å². The van der Waals surface area contributed by atoms with Gasteiger partial charge in [-0.25, -0.2) is 19.9 Å². The highest BCUT2D eigenvalue weighted by molar-refractivity contribution is 14.1. The van der Waals surface area contributed by atoms with Crippen LogP contribution in [0.3, 0.4) is 0 Å². The number of nitrogens with two attached hydrogens (primary N) is 2. The molecule has 4 heterocycles. The number of rotatable bonds is 2. The van der Waals surface area contributed by atoms with E-state index in [4.69, 9.17) is 11.5 Å². The van der Waals surface area contributed by atoms with Gasteiger partial charge >= 0.3 is 5.91 Å². The summed E-state index contributed by atoms with van der Waals surface area (Å²) in [7, 11) is 0. The van der Waals surface area contributed by atoms with Gasteiger partial charge < -0.3 is 27.0 Å². The topological polar surface area (TPSA) is 177 Å². The molecule has 2 fully saturated rings. The number of halogens is 1. The Hall–Kier alpha value is -3.10. The lowest BCUT2D eigenvalue weighted by molar-refractivity contribution is 0.0668. The first kappa shape index (κ1) is 20.2. The molecule has 2 aliphatic rings. The Bertz CT molecular complexity index is 1020. The summed E-state index contributed by atoms with van der Waals surface area (Å²) >= 11 is 1.88. The molecule has 30 heavy (non-hydrogen) atoms. The molecule has 0 bridgehead atoms. The zero-order valence-corrected chi connectivity index (χ0v) is 18.0. The van der Waals surface area contributed by atoms with Crippen LogP contribution in [-0.2, 0) is 0 Å². The zero-order chi connectivity index (χ0) is 21.3. The number of nitrogens with zero attached hydrogens (tertiary/aromatic N) is 6. The Morgan fingerprint density at radius 2 is 1.83 bits per heavy atom. The summed E-state index contributed by atoms with van der Waals surface area (Å²) in [5.74, 6) is -0.248. The van der Waals surface area contributed by atoms with E-state index in [1.54, 1.807) is 4.90 Å². The number of aliphatic imine (C=N–C) groups is 1. The number of piperidine rings is 1. The van der Waals surface area contributed by atoms with Crippen molar-refractivity contribution in [1.82, 2.24) is 35.5 Å². The summed E-state index contributed by atoms with van der Waals surface area (Å²) in [6.45, 7) is 1.73. The highest BCUT2D eigenvalue weighted by Gasteiger charge is 2.41. The maximum absolute atomic E-state index is 12.6. The predicted octanol–water partition coefficient (Wildman–Crippen LogP) is -0.600. The molecule has 4 rings (SSSR count). The van der Waals surface area contributed by atoms with Crippen molar-refractivity contribution in [1.29, 1.82) is 0 Å². The molecule has 2 saturated heterocycles. The van der Waals surface area contributed by atoms with E-state index in [1.165, 1.54) is 18.7 Å². The van der Waals surface area contributed by atoms with Crippen LogP contribution >= 0.6 is 22.6 Å². The third-order valence-electron chi connectivity index (χ3n) is 5.11. The molecule has 2 aromatic heterocycles. The average molecular weight is 522 g/mol. The van der Waals surface area contributed by atoms with Crippen LogP contribution in [0, 0.1) is 3.70 Å². The fraction of sp³-hybridized carbons (Fsp3) is 0.353. The van der Waals surface area contributed by atoms with Gasteiger partial charge in [-0.1, -0.05) is 0 Å². The largest absolute Gasteiger partial charge is 0.382 e. The van der Waals surface area contributed by atoms with Gasteiger partial charge in [0.2, 0.25) is 0 Å². The van der Waals surface area contributed by atoms with Crippen LogP contribution in [0.4, 0.5) is 11.6 Å². The molecule has 0 saturated carbocycles. The number of hydrogen-bond donors (Lipinski definition) is 4. The Morgan fingerprint density at radius 1 is 1.13 bits per heavy atom. The Kier molecular flexibility index (Phi) is 5.36. The van der Waals surface area contributed by atoms with E-state index in [0.29, 0.717) is 47.7 Å². The Balaban J connectivity index is 1.40. The minimum Gasteiger partial charge on any atom is -0.382 e. The fourth-order valence-corrected chi connectivity index (χ4v) is 3.81. The fourth-order valence-electron chi connectivity index (χ4n) is 3.45. The van der Waals surface area contributed by atoms with Crippen LogP contribution in [0.2, 0.25) is 0 Å². The van der Waals surface area contributed by atoms with Crippen molar-refractivity contribution < 1.29 is 9.59 Å². The quantitative estimate of drug-likeness (QED) is 0.373. The number of anilines is 2. The SMILES string of the molecule is Nc1nc(N)c(C(=O)/N=C2\NCC3(CCN(C(=O)c4cncnc4)CC3)N2)nc1I. The average Bonchev–Trinajstić information content (AvgIpc) is 3.13. The first-order valence-electron chi connectivity index (χ1n) is 9.15. The molecule has 156 valence electrons. The van der Waals surface area contributed by atoms with Gasteiger partial charge in [0, 0.05) is 32.0 Å². The number of carbonyl (C=O) groups excluding carboxylic acids is 2. The van der Waals surface area contributed by atoms with Crippen LogP contribution in [0.5, 0.6) is 0 Å². The number of nitrogens with one attached hydrogen (secondary N) is 2. The number of amides is 2. The van der Waals surface area contributed by atoms with Gasteiger partial charge in [0.25, 0.3) is 5.91 Å². The lowest BCUT2D eigenvalue weighted by Crippen LogP contribution is -2.53. The van der Waals surface area contributed by atoms with E-state index in [0.717, 1.165) is 0 Å². The van der Waals surface area contributed by atoms with Gasteiger partial charge in [0.05, 0.1) is 11.1 Å². The molecular weight excluding hydrogens is 503 g/mol. The van der Waals surface area contributed by atoms with Crippen molar-refractivity contribution in [3.63, 3.8) is 0 Å². The van der Waals surface area contributed by atoms with E-state index in [-0.39, 0.29) is 28.8 Å². The first-order valence-corrected chi connectivity index (χ1v) is 10.2. The van der Waals surface area contributed by atoms with Crippen molar-refractivity contribution in [3.8, 4) is 0 Å². The molecular formula is C17H19IN10O2. The molecule has 0 aliphatic carbocycles. The van der Waals surface area contributed by atoms with Crippen LogP contribution in [0.25, 0.3) is 0 Å². The number of nitrogen functional groups attached to an aromatic ring is 2. The molecule has 0 atom stereocenters. The standard InChI is InChI=1S/C17H19IN10O2/c18-11-13(20)25-12(19)10(24-11)14(29)26-16-23-7-17(27-16)1-3-28(4-2-17)15(30)9-5-21-8-22-6-9/h5-6,8H,1-4,7H2,(H4,19,20,25)(H2,23,26,27,29). The van der Waals surface area contributed by atoms with E-state index in [9.17, 15) is 9.59 Å². The summed E-state index contributed by atoms with van der Waals surface area (Å²) in [5.41, 5.74) is 11.5. The molecule has 1 spiro atoms. The lowest BCUT2D eigenvalue weighted by atomic mass is 9.88. The van der Waals surface area contributed by atoms with E-state index in [2.05, 4.69) is 35.6 Å². The second kappa shape index (κ2) is 7.97. The second-order valence-corrected chi connectivity index (χ2v) is 8.10. The summed E-state index contributed by atoms with van der Waals surface area (Å²) in [6.07, 6.45) is 5.82. The second-order valence-electron chi connectivity index (χ2n) is 7.08. The maximum atomic E-state index is 12.6. The minimum atomic E-state index is -0.610. The Labute approximate surface area is 185 Å². The first-order chi connectivity index (χ1) is 14.4. The van der Waals surface area contributed by atoms with Crippen molar-refractivity contribution in [2.45, 2.75) is 18.4 Å². The minimum absolute atomic E-state index is 0.0452. The van der Waals surface area contributed by atoms with Crippen molar-refractivity contribution in [2.75, 3.05) is 31.1 Å². The molecule has 6 N–H and O–H groups in total. The van der Waals surface area contributed by atoms with Gasteiger partial charge in [0.1, 0.15) is 10.0 Å². The number of likely N-dealkylation sites (tertiary alicyclic amines) is 1. The number of hydrogen-bond acceptors (Lipinski definition) is 8. The van der Waals surface area contributed by atoms with Gasteiger partial charge in [0.15, 0.2) is 23.3 Å². The highest BCUT2D eigenvalue weighted by Crippen LogP contribution is 2.25. The highest BCUT2D eigenvalue weighted by atomic mass is 127. The third-order valence-corrected chi connectivity index (χ3v) is 5.91. The van der Waals surface area contributed by atoms with Crippen LogP contribution in [0.1, 0.15) is 33.7 Å². The normalized spacial score (nSPS) is 18.8. The van der Waals surface area contributed by atoms with Crippen LogP contribution < -0.4 is 22.1 Å². The summed E-state index contributed by atoms with van der Waals surface area (Å²) in [6, 6.07) is 0. The monoisotopic (exact) mass is 522 g/mol. The van der Waals surface area contributed by atoms with Gasteiger partial charge in [-0.3, -0.25) is 9.59 Å². The molecule has 12 nitrogen and oxygen atoms in total. The molecule has 2 aliphatic heterocycles. The van der Waals surface area contributed by atoms with Gasteiger partial charge in [-0.2, -0.15) is 4.99 Å². The zero-order valence-electron chi connectivity index (χ0n) is 15.8. The summed E-state index contributed by atoms with van der Waals surface area (Å²) in [5, 5.41) is 6.41. The smallest absolute Gasteiger partial charge is 0.302 e. The molecule has 2 aromatic rings. The molecule has 0 unspecified atom stereocenters. The third kappa shape index (κ3) is 3.96. The molecule has 0 radical (unpaired) electrons. The molecule has 2 amide bonds. The van der Waals surface area contributed by atoms with Crippen molar-refractivity contribution in [2.24, 2.45) is 4.99 Å². The van der Waals surface area contributed by atoms with Crippen LogP contribution in [-0.4, -0.2) is 67.8 Å².